The molecule has 86 valence electrons. The van der Waals surface area contributed by atoms with Crippen LogP contribution in [0, 0.1) is 0 Å². The molecule has 16 heavy (non-hydrogen) atoms. The zero-order valence-corrected chi connectivity index (χ0v) is 9.19. The Morgan fingerprint density at radius 1 is 1.44 bits per heavy atom. The molecule has 3 heteroatoms. The Morgan fingerprint density at radius 3 is 2.94 bits per heavy atom. The smallest absolute Gasteiger partial charge is 0.150 e. The molecule has 1 saturated heterocycles. The van der Waals surface area contributed by atoms with Gasteiger partial charge in [0.2, 0.25) is 0 Å². The molecule has 0 bridgehead atoms. The van der Waals surface area contributed by atoms with Gasteiger partial charge in [-0.1, -0.05) is 24.3 Å². The predicted octanol–water partition coefficient (Wildman–Crippen LogP) is 1.58. The first-order valence-corrected chi connectivity index (χ1v) is 5.57. The monoisotopic (exact) mass is 220 g/mol. The molecule has 1 aliphatic heterocycles. The average Bonchev–Trinajstić information content (AvgIpc) is 2.30. The molecule has 1 aromatic carbocycles. The second kappa shape index (κ2) is 4.76. The van der Waals surface area contributed by atoms with E-state index >= 15 is 0 Å². The Hall–Kier alpha value is -1.19. The minimum atomic E-state index is -0.808. The number of benzene rings is 1. The molecule has 1 N–H and O–H groups in total. The Morgan fingerprint density at radius 2 is 2.25 bits per heavy atom. The van der Waals surface area contributed by atoms with Gasteiger partial charge in [-0.3, -0.25) is 4.79 Å². The van der Waals surface area contributed by atoms with E-state index in [9.17, 15) is 9.90 Å². The predicted molar refractivity (Wildman–Crippen MR) is 60.5 cm³/mol. The molecule has 1 atom stereocenters. The zero-order chi connectivity index (χ0) is 11.4. The first-order valence-electron chi connectivity index (χ1n) is 5.57. The number of carbonyl (C=O) groups excluding carboxylic acids is 1. The number of carbonyl (C=O) groups is 1. The van der Waals surface area contributed by atoms with Gasteiger partial charge in [0.05, 0.1) is 12.2 Å². The number of ether oxygens (including phenoxy) is 1. The zero-order valence-electron chi connectivity index (χ0n) is 9.19. The van der Waals surface area contributed by atoms with Crippen LogP contribution in [0.15, 0.2) is 24.3 Å². The van der Waals surface area contributed by atoms with E-state index in [2.05, 4.69) is 0 Å². The number of rotatable bonds is 3. The summed E-state index contributed by atoms with van der Waals surface area (Å²) < 4.78 is 5.29. The summed E-state index contributed by atoms with van der Waals surface area (Å²) >= 11 is 0. The van der Waals surface area contributed by atoms with Crippen LogP contribution >= 0.6 is 0 Å². The van der Waals surface area contributed by atoms with Crippen LogP contribution in [0.3, 0.4) is 0 Å². The fraction of sp³-hybridized carbons (Fsp3) is 0.462. The van der Waals surface area contributed by atoms with Gasteiger partial charge in [0.15, 0.2) is 0 Å². The van der Waals surface area contributed by atoms with E-state index in [1.807, 2.05) is 18.2 Å². The Labute approximate surface area is 95.0 Å². The van der Waals surface area contributed by atoms with Crippen LogP contribution in [-0.2, 0) is 11.2 Å². The highest BCUT2D eigenvalue weighted by Crippen LogP contribution is 2.24. The van der Waals surface area contributed by atoms with Crippen LogP contribution < -0.4 is 0 Å². The normalized spacial score (nSPS) is 25.3. The van der Waals surface area contributed by atoms with Crippen LogP contribution in [0.4, 0.5) is 0 Å². The summed E-state index contributed by atoms with van der Waals surface area (Å²) in [4.78, 5) is 10.9. The third kappa shape index (κ3) is 2.49. The van der Waals surface area contributed by atoms with Gasteiger partial charge in [-0.2, -0.15) is 0 Å². The van der Waals surface area contributed by atoms with E-state index in [1.54, 1.807) is 6.07 Å². The standard InChI is InChI=1S/C13H16O3/c14-9-12-5-2-1-4-11(12)8-13(15)6-3-7-16-10-13/h1-2,4-5,9,15H,3,6-8,10H2. The van der Waals surface area contributed by atoms with Gasteiger partial charge in [-0.05, 0) is 18.4 Å². The highest BCUT2D eigenvalue weighted by atomic mass is 16.5. The van der Waals surface area contributed by atoms with E-state index in [0.717, 1.165) is 31.3 Å². The van der Waals surface area contributed by atoms with E-state index in [4.69, 9.17) is 4.74 Å². The molecule has 0 spiro atoms. The lowest BCUT2D eigenvalue weighted by atomic mass is 9.88. The number of hydrogen-bond donors (Lipinski definition) is 1. The first kappa shape index (κ1) is 11.3. The van der Waals surface area contributed by atoms with E-state index in [0.29, 0.717) is 18.6 Å². The topological polar surface area (TPSA) is 46.5 Å². The minimum absolute atomic E-state index is 0.361. The Balaban J connectivity index is 2.15. The molecule has 0 amide bonds. The van der Waals surface area contributed by atoms with Crippen molar-refractivity contribution in [1.29, 1.82) is 0 Å². The summed E-state index contributed by atoms with van der Waals surface area (Å²) in [5.41, 5.74) is 0.740. The van der Waals surface area contributed by atoms with Crippen LogP contribution in [0.2, 0.25) is 0 Å². The molecule has 1 fully saturated rings. The largest absolute Gasteiger partial charge is 0.387 e. The van der Waals surface area contributed by atoms with Gasteiger partial charge in [0, 0.05) is 18.6 Å². The fourth-order valence-electron chi connectivity index (χ4n) is 2.14. The van der Waals surface area contributed by atoms with Crippen molar-refractivity contribution in [2.75, 3.05) is 13.2 Å². The maximum absolute atomic E-state index is 10.9. The van der Waals surface area contributed by atoms with Gasteiger partial charge in [-0.15, -0.1) is 0 Å². The number of hydrogen-bond acceptors (Lipinski definition) is 3. The van der Waals surface area contributed by atoms with Crippen molar-refractivity contribution >= 4 is 6.29 Å². The van der Waals surface area contributed by atoms with Crippen molar-refractivity contribution in [3.05, 3.63) is 35.4 Å². The summed E-state index contributed by atoms with van der Waals surface area (Å²) in [5.74, 6) is 0. The highest BCUT2D eigenvalue weighted by Gasteiger charge is 2.30. The number of aliphatic hydroxyl groups is 1. The highest BCUT2D eigenvalue weighted by molar-refractivity contribution is 5.77. The molecule has 2 rings (SSSR count). The molecule has 1 aromatic rings. The second-order valence-electron chi connectivity index (χ2n) is 4.37. The van der Waals surface area contributed by atoms with Crippen molar-refractivity contribution in [3.8, 4) is 0 Å². The summed E-state index contributed by atoms with van der Waals surface area (Å²) in [7, 11) is 0. The van der Waals surface area contributed by atoms with Crippen molar-refractivity contribution in [2.24, 2.45) is 0 Å². The molecule has 1 heterocycles. The lowest BCUT2D eigenvalue weighted by Gasteiger charge is -2.32. The summed E-state index contributed by atoms with van der Waals surface area (Å²) in [5, 5.41) is 10.3. The third-order valence-corrected chi connectivity index (χ3v) is 3.00. The summed E-state index contributed by atoms with van der Waals surface area (Å²) in [6.45, 7) is 1.08. The molecule has 0 aromatic heterocycles. The molecular weight excluding hydrogens is 204 g/mol. The maximum Gasteiger partial charge on any atom is 0.150 e. The van der Waals surface area contributed by atoms with Crippen molar-refractivity contribution < 1.29 is 14.6 Å². The van der Waals surface area contributed by atoms with Gasteiger partial charge >= 0.3 is 0 Å². The molecule has 0 saturated carbocycles. The van der Waals surface area contributed by atoms with Crippen LogP contribution in [0.25, 0.3) is 0 Å². The first-order chi connectivity index (χ1) is 7.73. The van der Waals surface area contributed by atoms with E-state index < -0.39 is 5.60 Å². The second-order valence-corrected chi connectivity index (χ2v) is 4.37. The lowest BCUT2D eigenvalue weighted by Crippen LogP contribution is -2.40. The average molecular weight is 220 g/mol. The summed E-state index contributed by atoms with van der Waals surface area (Å²) in [6.07, 6.45) is 2.93. The van der Waals surface area contributed by atoms with Crippen LogP contribution in [-0.4, -0.2) is 30.2 Å². The van der Waals surface area contributed by atoms with Crippen molar-refractivity contribution in [3.63, 3.8) is 0 Å². The Bertz CT molecular complexity index is 367. The SMILES string of the molecule is O=Cc1ccccc1CC1(O)CCCOC1. The molecule has 3 nitrogen and oxygen atoms in total. The van der Waals surface area contributed by atoms with Gasteiger partial charge in [-0.25, -0.2) is 0 Å². The van der Waals surface area contributed by atoms with E-state index in [1.165, 1.54) is 0 Å². The molecule has 1 unspecified atom stereocenters. The maximum atomic E-state index is 10.9. The minimum Gasteiger partial charge on any atom is -0.387 e. The Kier molecular flexibility index (Phi) is 3.36. The van der Waals surface area contributed by atoms with Crippen molar-refractivity contribution in [1.82, 2.24) is 0 Å². The van der Waals surface area contributed by atoms with Gasteiger partial charge in [0.1, 0.15) is 6.29 Å². The quantitative estimate of drug-likeness (QED) is 0.787. The molecular formula is C13H16O3. The number of aldehydes is 1. The van der Waals surface area contributed by atoms with Crippen LogP contribution in [0.1, 0.15) is 28.8 Å². The third-order valence-electron chi connectivity index (χ3n) is 3.00. The lowest BCUT2D eigenvalue weighted by molar-refractivity contribution is -0.0845. The molecule has 0 aliphatic carbocycles. The van der Waals surface area contributed by atoms with Gasteiger partial charge in [0.25, 0.3) is 0 Å². The molecule has 0 radical (unpaired) electrons. The fourth-order valence-corrected chi connectivity index (χ4v) is 2.14. The summed E-state index contributed by atoms with van der Waals surface area (Å²) in [6, 6.07) is 7.37. The van der Waals surface area contributed by atoms with Crippen LogP contribution in [0.5, 0.6) is 0 Å². The van der Waals surface area contributed by atoms with Gasteiger partial charge < -0.3 is 9.84 Å². The molecule has 1 aliphatic rings. The van der Waals surface area contributed by atoms with Crippen molar-refractivity contribution in [2.45, 2.75) is 24.9 Å². The van der Waals surface area contributed by atoms with E-state index in [-0.39, 0.29) is 0 Å².